The van der Waals surface area contributed by atoms with Crippen molar-refractivity contribution in [2.24, 2.45) is 28.6 Å². The van der Waals surface area contributed by atoms with E-state index in [1.807, 2.05) is 0 Å². The van der Waals surface area contributed by atoms with Crippen molar-refractivity contribution < 1.29 is 9.90 Å². The molecule has 4 aliphatic carbocycles. The van der Waals surface area contributed by atoms with Crippen LogP contribution >= 0.6 is 0 Å². The summed E-state index contributed by atoms with van der Waals surface area (Å²) < 4.78 is 0. The monoisotopic (exact) mass is 288 g/mol. The van der Waals surface area contributed by atoms with Crippen LogP contribution in [0.1, 0.15) is 64.7 Å². The van der Waals surface area contributed by atoms with E-state index < -0.39 is 0 Å². The predicted octanol–water partition coefficient (Wildman–Crippen LogP) is 3.88. The van der Waals surface area contributed by atoms with Gasteiger partial charge in [0.25, 0.3) is 0 Å². The van der Waals surface area contributed by atoms with Gasteiger partial charge in [0.05, 0.1) is 6.61 Å². The first-order chi connectivity index (χ1) is 10.1. The quantitative estimate of drug-likeness (QED) is 0.743. The number of aliphatic hydroxyl groups is 1. The Bertz CT molecular complexity index is 494. The van der Waals surface area contributed by atoms with Gasteiger partial charge in [-0.25, -0.2) is 0 Å². The Kier molecular flexibility index (Phi) is 3.12. The molecular weight excluding hydrogens is 260 g/mol. The smallest absolute Gasteiger partial charge is 0.136 e. The predicted molar refractivity (Wildman–Crippen MR) is 82.7 cm³/mol. The van der Waals surface area contributed by atoms with Gasteiger partial charge in [-0.3, -0.25) is 4.79 Å². The maximum Gasteiger partial charge on any atom is 0.136 e. The molecule has 0 bridgehead atoms. The number of carbonyl (C=O) groups excluding carboxylic acids is 1. The molecule has 0 aliphatic heterocycles. The molecule has 5 atom stereocenters. The maximum atomic E-state index is 11.8. The van der Waals surface area contributed by atoms with E-state index in [2.05, 4.69) is 13.0 Å². The third kappa shape index (κ3) is 1.84. The summed E-state index contributed by atoms with van der Waals surface area (Å²) in [6, 6.07) is 0. The lowest BCUT2D eigenvalue weighted by Gasteiger charge is -2.57. The van der Waals surface area contributed by atoms with E-state index in [-0.39, 0.29) is 12.0 Å². The highest BCUT2D eigenvalue weighted by molar-refractivity contribution is 5.82. The van der Waals surface area contributed by atoms with Gasteiger partial charge in [0.15, 0.2) is 0 Å². The average Bonchev–Trinajstić information content (AvgIpc) is 2.88. The second-order valence-corrected chi connectivity index (χ2v) is 8.46. The number of fused-ring (bicyclic) bond motifs is 5. The molecule has 0 spiro atoms. The molecule has 21 heavy (non-hydrogen) atoms. The van der Waals surface area contributed by atoms with Crippen molar-refractivity contribution >= 4 is 5.78 Å². The van der Waals surface area contributed by atoms with E-state index in [9.17, 15) is 9.90 Å². The minimum Gasteiger partial charge on any atom is -0.395 e. The summed E-state index contributed by atoms with van der Waals surface area (Å²) >= 11 is 0. The fourth-order valence-electron chi connectivity index (χ4n) is 6.57. The number of Topliss-reactive ketones (excluding diaryl/α,β-unsaturated/α-hetero) is 1. The van der Waals surface area contributed by atoms with Crippen LogP contribution in [0, 0.1) is 28.6 Å². The molecule has 1 N–H and O–H groups in total. The van der Waals surface area contributed by atoms with E-state index >= 15 is 0 Å². The van der Waals surface area contributed by atoms with Gasteiger partial charge < -0.3 is 5.11 Å². The first kappa shape index (κ1) is 14.0. The van der Waals surface area contributed by atoms with E-state index in [1.165, 1.54) is 37.7 Å². The van der Waals surface area contributed by atoms with Gasteiger partial charge in [0, 0.05) is 18.3 Å². The highest BCUT2D eigenvalue weighted by Crippen LogP contribution is 2.64. The highest BCUT2D eigenvalue weighted by Gasteiger charge is 2.57. The Hall–Kier alpha value is -0.630. The number of hydrogen-bond donors (Lipinski definition) is 1. The summed E-state index contributed by atoms with van der Waals surface area (Å²) in [5.41, 5.74) is 1.82. The van der Waals surface area contributed by atoms with Crippen molar-refractivity contribution in [1.82, 2.24) is 0 Å². The molecule has 0 aromatic rings. The standard InChI is InChI=1S/C19H28O2/c1-18-8-2-3-16(18)15-5-4-13-11-14(21)6-10-19(13,12-20)17(15)7-9-18/h4,15-17,20H,2-3,5-12H2,1H3/t15-,16-,17+,18-,19+/m0/s1. The van der Waals surface area contributed by atoms with E-state index in [4.69, 9.17) is 0 Å². The topological polar surface area (TPSA) is 37.3 Å². The second-order valence-electron chi connectivity index (χ2n) is 8.46. The molecule has 2 nitrogen and oxygen atoms in total. The largest absolute Gasteiger partial charge is 0.395 e. The molecular formula is C19H28O2. The molecule has 0 amide bonds. The summed E-state index contributed by atoms with van der Waals surface area (Å²) in [7, 11) is 0. The minimum absolute atomic E-state index is 0.0409. The van der Waals surface area contributed by atoms with Crippen molar-refractivity contribution in [1.29, 1.82) is 0 Å². The second kappa shape index (κ2) is 4.68. The van der Waals surface area contributed by atoms with Crippen LogP contribution in [-0.2, 0) is 4.79 Å². The van der Waals surface area contributed by atoms with Crippen molar-refractivity contribution in [2.75, 3.05) is 6.61 Å². The molecule has 3 fully saturated rings. The Balaban J connectivity index is 1.72. The average molecular weight is 288 g/mol. The third-order valence-electron chi connectivity index (χ3n) is 7.72. The van der Waals surface area contributed by atoms with Crippen LogP contribution in [-0.4, -0.2) is 17.5 Å². The van der Waals surface area contributed by atoms with Gasteiger partial charge >= 0.3 is 0 Å². The molecule has 2 heteroatoms. The van der Waals surface area contributed by atoms with Crippen LogP contribution < -0.4 is 0 Å². The number of carbonyl (C=O) groups is 1. The summed E-state index contributed by atoms with van der Waals surface area (Å²) in [4.78, 5) is 11.8. The molecule has 0 aromatic heterocycles. The molecule has 3 saturated carbocycles. The summed E-state index contributed by atoms with van der Waals surface area (Å²) in [6.07, 6.45) is 12.5. The summed E-state index contributed by atoms with van der Waals surface area (Å²) in [6.45, 7) is 2.77. The lowest BCUT2D eigenvalue weighted by molar-refractivity contribution is -0.123. The first-order valence-corrected chi connectivity index (χ1v) is 8.91. The number of allylic oxidation sites excluding steroid dienone is 1. The molecule has 116 valence electrons. The fourth-order valence-corrected chi connectivity index (χ4v) is 6.57. The van der Waals surface area contributed by atoms with Crippen LogP contribution in [0.4, 0.5) is 0 Å². The zero-order valence-electron chi connectivity index (χ0n) is 13.2. The van der Waals surface area contributed by atoms with Crippen LogP contribution in [0.3, 0.4) is 0 Å². The Morgan fingerprint density at radius 1 is 1.24 bits per heavy atom. The van der Waals surface area contributed by atoms with Gasteiger partial charge in [-0.1, -0.05) is 25.0 Å². The maximum absolute atomic E-state index is 11.8. The van der Waals surface area contributed by atoms with Crippen molar-refractivity contribution in [3.05, 3.63) is 11.6 Å². The van der Waals surface area contributed by atoms with Crippen molar-refractivity contribution in [3.63, 3.8) is 0 Å². The molecule has 4 rings (SSSR count). The number of aliphatic hydroxyl groups excluding tert-OH is 1. The SMILES string of the molecule is C[C@@]12CCC[C@H]1[C@@H]1CC=C3CC(=O)CC[C@]3(CO)[C@@H]1CC2. The number of rotatable bonds is 1. The Morgan fingerprint density at radius 3 is 2.90 bits per heavy atom. The van der Waals surface area contributed by atoms with E-state index in [0.717, 1.165) is 24.7 Å². The van der Waals surface area contributed by atoms with Gasteiger partial charge in [-0.2, -0.15) is 0 Å². The highest BCUT2D eigenvalue weighted by atomic mass is 16.3. The van der Waals surface area contributed by atoms with Crippen LogP contribution in [0.5, 0.6) is 0 Å². The Labute approximate surface area is 128 Å². The van der Waals surface area contributed by atoms with E-state index in [1.54, 1.807) is 0 Å². The molecule has 0 radical (unpaired) electrons. The normalized spacial score (nSPS) is 49.1. The van der Waals surface area contributed by atoms with Crippen LogP contribution in [0.25, 0.3) is 0 Å². The molecule has 0 aromatic carbocycles. The van der Waals surface area contributed by atoms with Crippen molar-refractivity contribution in [2.45, 2.75) is 64.7 Å². The molecule has 0 unspecified atom stereocenters. The lowest BCUT2D eigenvalue weighted by atomic mass is 9.48. The van der Waals surface area contributed by atoms with E-state index in [0.29, 0.717) is 30.0 Å². The minimum atomic E-state index is -0.0409. The van der Waals surface area contributed by atoms with Gasteiger partial charge in [0.1, 0.15) is 5.78 Å². The first-order valence-electron chi connectivity index (χ1n) is 8.91. The molecule has 4 aliphatic rings. The van der Waals surface area contributed by atoms with Gasteiger partial charge in [-0.05, 0) is 61.7 Å². The number of ketones is 1. The number of hydrogen-bond acceptors (Lipinski definition) is 2. The molecule has 0 heterocycles. The Morgan fingerprint density at radius 2 is 2.10 bits per heavy atom. The van der Waals surface area contributed by atoms with Gasteiger partial charge in [0.2, 0.25) is 0 Å². The van der Waals surface area contributed by atoms with Crippen LogP contribution in [0.2, 0.25) is 0 Å². The zero-order valence-corrected chi connectivity index (χ0v) is 13.2. The third-order valence-corrected chi connectivity index (χ3v) is 7.72. The van der Waals surface area contributed by atoms with Crippen LogP contribution in [0.15, 0.2) is 11.6 Å². The summed E-state index contributed by atoms with van der Waals surface area (Å²) in [5.74, 6) is 2.63. The molecule has 0 saturated heterocycles. The van der Waals surface area contributed by atoms with Gasteiger partial charge in [-0.15, -0.1) is 0 Å². The zero-order chi connectivity index (χ0) is 14.7. The fraction of sp³-hybridized carbons (Fsp3) is 0.842. The summed E-state index contributed by atoms with van der Waals surface area (Å²) in [5, 5.41) is 10.3. The van der Waals surface area contributed by atoms with Crippen molar-refractivity contribution in [3.8, 4) is 0 Å². The lowest BCUT2D eigenvalue weighted by Crippen LogP contribution is -2.51.